The van der Waals surface area contributed by atoms with Crippen molar-refractivity contribution in [3.63, 3.8) is 0 Å². The van der Waals surface area contributed by atoms with Crippen molar-refractivity contribution < 1.29 is 14.6 Å². The van der Waals surface area contributed by atoms with Gasteiger partial charge in [0.1, 0.15) is 0 Å². The first-order valence-electron chi connectivity index (χ1n) is 7.16. The van der Waals surface area contributed by atoms with Crippen molar-refractivity contribution in [3.05, 3.63) is 53.1 Å². The van der Waals surface area contributed by atoms with Crippen LogP contribution in [0.15, 0.2) is 52.5 Å². The normalized spacial score (nSPS) is 10.8. The molecule has 0 bridgehead atoms. The summed E-state index contributed by atoms with van der Waals surface area (Å²) in [5, 5.41) is 14.1. The number of halogens is 1. The van der Waals surface area contributed by atoms with E-state index in [9.17, 15) is 9.90 Å². The highest BCUT2D eigenvalue weighted by atomic mass is 35.5. The van der Waals surface area contributed by atoms with Crippen LogP contribution in [0.1, 0.15) is 12.0 Å². The van der Waals surface area contributed by atoms with Gasteiger partial charge in [-0.3, -0.25) is 4.79 Å². The highest BCUT2D eigenvalue weighted by Gasteiger charge is 2.02. The van der Waals surface area contributed by atoms with Crippen molar-refractivity contribution in [3.8, 4) is 11.5 Å². The van der Waals surface area contributed by atoms with E-state index < -0.39 is 0 Å². The van der Waals surface area contributed by atoms with Gasteiger partial charge >= 0.3 is 0 Å². The Morgan fingerprint density at radius 3 is 2.79 bits per heavy atom. The third-order valence-corrected chi connectivity index (χ3v) is 4.28. The molecule has 0 fully saturated rings. The summed E-state index contributed by atoms with van der Waals surface area (Å²) in [6.07, 6.45) is 1.84. The predicted molar refractivity (Wildman–Crippen MR) is 97.2 cm³/mol. The fraction of sp³-hybridized carbons (Fsp3) is 0.176. The van der Waals surface area contributed by atoms with E-state index in [4.69, 9.17) is 16.3 Å². The fourth-order valence-electron chi connectivity index (χ4n) is 1.80. The molecule has 0 aliphatic rings. The molecule has 7 heteroatoms. The van der Waals surface area contributed by atoms with Gasteiger partial charge in [-0.2, -0.15) is 5.10 Å². The molecule has 0 spiro atoms. The third kappa shape index (κ3) is 5.79. The maximum absolute atomic E-state index is 11.7. The minimum Gasteiger partial charge on any atom is -0.504 e. The molecule has 0 unspecified atom stereocenters. The number of benzene rings is 2. The Balaban J connectivity index is 1.75. The number of nitrogens with zero attached hydrogens (tertiary/aromatic N) is 1. The van der Waals surface area contributed by atoms with Crippen LogP contribution in [0.2, 0.25) is 5.02 Å². The Hall–Kier alpha value is -2.18. The molecule has 0 saturated heterocycles. The number of thioether (sulfide) groups is 1. The molecule has 2 aromatic carbocycles. The minimum absolute atomic E-state index is 0.0536. The van der Waals surface area contributed by atoms with Crippen molar-refractivity contribution >= 4 is 35.5 Å². The molecule has 0 saturated carbocycles. The summed E-state index contributed by atoms with van der Waals surface area (Å²) in [5.41, 5.74) is 3.18. The standard InChI is InChI=1S/C17H17ClN2O3S/c1-23-16-10-12(2-7-15(16)21)11-19-20-17(22)8-9-24-14-5-3-13(18)4-6-14/h2-7,10-11,21H,8-9H2,1H3,(H,20,22)/b19-11-. The third-order valence-electron chi connectivity index (χ3n) is 3.02. The van der Waals surface area contributed by atoms with Gasteiger partial charge in [0.25, 0.3) is 0 Å². The lowest BCUT2D eigenvalue weighted by Gasteiger charge is -2.04. The number of phenolic OH excluding ortho intramolecular Hbond substituents is 1. The van der Waals surface area contributed by atoms with E-state index in [1.807, 2.05) is 24.3 Å². The molecule has 1 amide bonds. The van der Waals surface area contributed by atoms with Crippen molar-refractivity contribution in [2.45, 2.75) is 11.3 Å². The zero-order chi connectivity index (χ0) is 17.4. The van der Waals surface area contributed by atoms with Crippen molar-refractivity contribution in [2.75, 3.05) is 12.9 Å². The molecule has 2 N–H and O–H groups in total. The largest absolute Gasteiger partial charge is 0.504 e. The first kappa shape index (κ1) is 18.2. The van der Waals surface area contributed by atoms with E-state index in [1.54, 1.807) is 23.9 Å². The molecular weight excluding hydrogens is 348 g/mol. The summed E-state index contributed by atoms with van der Waals surface area (Å²) >= 11 is 7.40. The number of aromatic hydroxyl groups is 1. The Morgan fingerprint density at radius 1 is 1.33 bits per heavy atom. The monoisotopic (exact) mass is 364 g/mol. The maximum atomic E-state index is 11.7. The quantitative estimate of drug-likeness (QED) is 0.446. The molecule has 5 nitrogen and oxygen atoms in total. The van der Waals surface area contributed by atoms with Crippen LogP contribution >= 0.6 is 23.4 Å². The SMILES string of the molecule is COc1cc(/C=N\NC(=O)CCSc2ccc(Cl)cc2)ccc1O. The zero-order valence-electron chi connectivity index (χ0n) is 13.0. The van der Waals surface area contributed by atoms with Gasteiger partial charge < -0.3 is 9.84 Å². The van der Waals surface area contributed by atoms with Crippen LogP contribution < -0.4 is 10.2 Å². The molecular formula is C17H17ClN2O3S. The minimum atomic E-state index is -0.168. The average Bonchev–Trinajstić information content (AvgIpc) is 2.58. The summed E-state index contributed by atoms with van der Waals surface area (Å²) in [4.78, 5) is 12.8. The van der Waals surface area contributed by atoms with Gasteiger partial charge in [0.05, 0.1) is 13.3 Å². The van der Waals surface area contributed by atoms with Gasteiger partial charge in [0, 0.05) is 22.1 Å². The lowest BCUT2D eigenvalue weighted by molar-refractivity contribution is -0.120. The molecule has 0 atom stereocenters. The number of nitrogens with one attached hydrogen (secondary N) is 1. The molecule has 0 aromatic heterocycles. The van der Waals surface area contributed by atoms with E-state index in [0.29, 0.717) is 28.5 Å². The summed E-state index contributed by atoms with van der Waals surface area (Å²) in [6.45, 7) is 0. The average molecular weight is 365 g/mol. The van der Waals surface area contributed by atoms with Crippen LogP contribution in [0.5, 0.6) is 11.5 Å². The molecule has 0 aliphatic carbocycles. The summed E-state index contributed by atoms with van der Waals surface area (Å²) in [5.74, 6) is 0.886. The van der Waals surface area contributed by atoms with Gasteiger partial charge in [-0.15, -0.1) is 11.8 Å². The number of hydrogen-bond donors (Lipinski definition) is 2. The zero-order valence-corrected chi connectivity index (χ0v) is 14.6. The van der Waals surface area contributed by atoms with Crippen molar-refractivity contribution in [1.29, 1.82) is 0 Å². The molecule has 2 rings (SSSR count). The smallest absolute Gasteiger partial charge is 0.240 e. The first-order valence-corrected chi connectivity index (χ1v) is 8.52. The highest BCUT2D eigenvalue weighted by molar-refractivity contribution is 7.99. The van der Waals surface area contributed by atoms with E-state index in [1.165, 1.54) is 19.4 Å². The number of hydrogen-bond acceptors (Lipinski definition) is 5. The Labute approximate surface area is 149 Å². The molecule has 0 heterocycles. The van der Waals surface area contributed by atoms with Crippen LogP contribution in [0, 0.1) is 0 Å². The lowest BCUT2D eigenvalue weighted by atomic mass is 10.2. The van der Waals surface area contributed by atoms with Crippen LogP contribution in [-0.2, 0) is 4.79 Å². The maximum Gasteiger partial charge on any atom is 0.240 e. The number of amides is 1. The van der Waals surface area contributed by atoms with Gasteiger partial charge in [0.15, 0.2) is 11.5 Å². The van der Waals surface area contributed by atoms with Gasteiger partial charge in [-0.1, -0.05) is 11.6 Å². The number of rotatable bonds is 7. The second kappa shape index (κ2) is 9.20. The van der Waals surface area contributed by atoms with Crippen LogP contribution in [0.3, 0.4) is 0 Å². The lowest BCUT2D eigenvalue weighted by Crippen LogP contribution is -2.17. The van der Waals surface area contributed by atoms with Gasteiger partial charge in [-0.05, 0) is 48.0 Å². The molecule has 126 valence electrons. The number of carbonyl (C=O) groups excluding carboxylic acids is 1. The number of hydrazone groups is 1. The number of methoxy groups -OCH3 is 1. The molecule has 2 aromatic rings. The van der Waals surface area contributed by atoms with Crippen LogP contribution in [0.25, 0.3) is 0 Å². The number of phenols is 1. The Morgan fingerprint density at radius 2 is 2.08 bits per heavy atom. The van der Waals surface area contributed by atoms with E-state index in [0.717, 1.165) is 4.90 Å². The second-order valence-electron chi connectivity index (χ2n) is 4.78. The summed E-state index contributed by atoms with van der Waals surface area (Å²) in [6, 6.07) is 12.3. The first-order chi connectivity index (χ1) is 11.6. The molecule has 0 radical (unpaired) electrons. The van der Waals surface area contributed by atoms with E-state index >= 15 is 0 Å². The highest BCUT2D eigenvalue weighted by Crippen LogP contribution is 2.25. The Bertz CT molecular complexity index is 720. The van der Waals surface area contributed by atoms with E-state index in [-0.39, 0.29) is 11.7 Å². The Kier molecular flexibility index (Phi) is 6.96. The molecule has 0 aliphatic heterocycles. The van der Waals surface area contributed by atoms with Crippen LogP contribution in [-0.4, -0.2) is 30.1 Å². The number of carbonyl (C=O) groups is 1. The fourth-order valence-corrected chi connectivity index (χ4v) is 2.78. The topological polar surface area (TPSA) is 70.9 Å². The van der Waals surface area contributed by atoms with Crippen molar-refractivity contribution in [1.82, 2.24) is 5.43 Å². The summed E-state index contributed by atoms with van der Waals surface area (Å²) < 4.78 is 5.01. The van der Waals surface area contributed by atoms with Gasteiger partial charge in [0.2, 0.25) is 5.91 Å². The van der Waals surface area contributed by atoms with Crippen molar-refractivity contribution in [2.24, 2.45) is 5.10 Å². The van der Waals surface area contributed by atoms with Gasteiger partial charge in [-0.25, -0.2) is 5.43 Å². The van der Waals surface area contributed by atoms with Crippen LogP contribution in [0.4, 0.5) is 0 Å². The molecule has 24 heavy (non-hydrogen) atoms. The van der Waals surface area contributed by atoms with E-state index in [2.05, 4.69) is 10.5 Å². The second-order valence-corrected chi connectivity index (χ2v) is 6.38. The summed E-state index contributed by atoms with van der Waals surface area (Å²) in [7, 11) is 1.47. The number of ether oxygens (including phenoxy) is 1. The predicted octanol–water partition coefficient (Wildman–Crippen LogP) is 3.69.